The minimum atomic E-state index is -0.335. The molecule has 4 nitrogen and oxygen atoms in total. The molecule has 0 bridgehead atoms. The second-order valence-electron chi connectivity index (χ2n) is 7.45. The number of terminal acetylenes is 2. The fraction of sp³-hybridized carbons (Fsp3) is 0.200. The van der Waals surface area contributed by atoms with Crippen molar-refractivity contribution in [3.8, 4) is 226 Å². The molecule has 0 saturated heterocycles. The highest BCUT2D eigenvalue weighted by Crippen LogP contribution is 1.93. The van der Waals surface area contributed by atoms with Crippen LogP contribution in [-0.4, -0.2) is 48.1 Å². The molecule has 0 aromatic carbocycles. The molecule has 0 atom stereocenters. The number of hydrogen-bond donors (Lipinski definition) is 1. The van der Waals surface area contributed by atoms with Gasteiger partial charge in [0.1, 0.15) is 0 Å². The first-order chi connectivity index (χ1) is 24.9. The second kappa shape index (κ2) is 49.3. The minimum absolute atomic E-state index is 0. The molecule has 5 heteroatoms. The minimum Gasteiger partial charge on any atom is -0.338 e. The Labute approximate surface area is 391 Å². The van der Waals surface area contributed by atoms with E-state index in [1.54, 1.807) is 14.1 Å². The summed E-state index contributed by atoms with van der Waals surface area (Å²) in [6, 6.07) is 0. The van der Waals surface area contributed by atoms with Crippen molar-refractivity contribution in [2.75, 3.05) is 26.5 Å². The third-order valence-electron chi connectivity index (χ3n) is 3.72. The van der Waals surface area contributed by atoms with E-state index in [0.717, 1.165) is 6.42 Å². The van der Waals surface area contributed by atoms with Gasteiger partial charge in [0, 0.05) is 143 Å². The molecule has 55 heavy (non-hydrogen) atoms. The summed E-state index contributed by atoms with van der Waals surface area (Å²) in [5.41, 5.74) is 0. The SMILES string of the molecule is C.C.C.C.C#CC#CC#CC#CC#CC#CC#CC#CC#CC#CC#CC#CC#CC#CC(=O)N(C)C.C#CC#CC#CC#CC#CC(=O)N(CS)CCC.[HH].[HH].[HH].[HH].[HH].[HH].[HH].[HH].[HH].[HH].[HH].[HH].[HH].[HH].[HH].[HH].[HH].[HH].[HH].[HH].[HH].[HH].[HH].[HH].[HH].[HH].[HH].[HH].[HH].[HH].[HH].[HH].[HH].[HH].[HH].[HH]. The Kier molecular flexibility index (Phi) is 52.1. The van der Waals surface area contributed by atoms with Crippen LogP contribution in [0.15, 0.2) is 0 Å². The number of carbonyl (C=O) groups is 2. The third kappa shape index (κ3) is 47.1. The maximum Gasteiger partial charge on any atom is 0.300 e. The lowest BCUT2D eigenvalue weighted by Crippen LogP contribution is -2.29. The van der Waals surface area contributed by atoms with Gasteiger partial charge in [0.15, 0.2) is 0 Å². The highest BCUT2D eigenvalue weighted by molar-refractivity contribution is 7.80. The van der Waals surface area contributed by atoms with Crippen LogP contribution in [0.2, 0.25) is 0 Å². The molecule has 0 fully saturated rings. The van der Waals surface area contributed by atoms with Crippen LogP contribution in [0.5, 0.6) is 0 Å². The second-order valence-corrected chi connectivity index (χ2v) is 7.73. The molecule has 334 valence electrons. The van der Waals surface area contributed by atoms with Gasteiger partial charge in [-0.1, -0.05) is 36.6 Å². The molecular formula is C50H106N2O2S. The number of amides is 2. The highest BCUT2D eigenvalue weighted by atomic mass is 32.1. The smallest absolute Gasteiger partial charge is 0.300 e. The van der Waals surface area contributed by atoms with Crippen molar-refractivity contribution in [1.82, 2.24) is 9.80 Å². The average Bonchev–Trinajstić information content (AvgIpc) is 3.13. The van der Waals surface area contributed by atoms with Crippen LogP contribution in [-0.2, 0) is 9.59 Å². The predicted molar refractivity (Wildman–Crippen MR) is 307 cm³/mol. The molecule has 0 aromatic rings. The quantitative estimate of drug-likeness (QED) is 0.175. The van der Waals surface area contributed by atoms with Crippen molar-refractivity contribution in [2.45, 2.75) is 43.1 Å². The van der Waals surface area contributed by atoms with Gasteiger partial charge in [-0.2, -0.15) is 12.6 Å². The lowest BCUT2D eigenvalue weighted by Gasteiger charge is -2.15. The summed E-state index contributed by atoms with van der Waals surface area (Å²) in [4.78, 5) is 25.5. The number of thiol groups is 1. The van der Waals surface area contributed by atoms with E-state index >= 15 is 0 Å². The lowest BCUT2D eigenvalue weighted by atomic mass is 10.4. The Morgan fingerprint density at radius 3 is 0.855 bits per heavy atom. The molecule has 0 aromatic heterocycles. The van der Waals surface area contributed by atoms with E-state index in [0.29, 0.717) is 12.4 Å². The van der Waals surface area contributed by atoms with Crippen molar-refractivity contribution in [3.05, 3.63) is 0 Å². The Bertz CT molecular complexity index is 2650. The number of nitrogens with zero attached hydrogens (tertiary/aromatic N) is 2. The Balaban J connectivity index is -0.00000000961. The van der Waals surface area contributed by atoms with E-state index in [9.17, 15) is 9.59 Å². The van der Waals surface area contributed by atoms with Gasteiger partial charge in [-0.25, -0.2) is 0 Å². The average molecular weight is 799 g/mol. The van der Waals surface area contributed by atoms with E-state index in [1.807, 2.05) is 6.92 Å². The molecule has 0 rings (SSSR count). The Morgan fingerprint density at radius 2 is 0.655 bits per heavy atom. The van der Waals surface area contributed by atoms with E-state index in [1.165, 1.54) is 9.80 Å². The van der Waals surface area contributed by atoms with Crippen LogP contribution in [0.1, 0.15) is 94.4 Å². The van der Waals surface area contributed by atoms with E-state index in [-0.39, 0.29) is 92.9 Å². The lowest BCUT2D eigenvalue weighted by molar-refractivity contribution is -0.124. The Morgan fingerprint density at radius 1 is 0.436 bits per heavy atom. The van der Waals surface area contributed by atoms with Gasteiger partial charge in [0.25, 0.3) is 11.8 Å². The standard InChI is InChI=1S/C31H7NO.C15H11NOS.4CH4.36H2/c1-4-5-6-7-8-9-10-11-12-13-14-15-16-17-18-19-20-21-22-23-24-25-26-27-28-29-30-31(33)32(2)3;1-3-5-6-7-8-9-10-11-12-15(17)16(14-18)13-4-2;;;;;;;;;;;;;;;;;;;;;;;;;;;;;;;;;;;;;;;;/h1H,2-3H3;1,18H,4,13-14H2,2H3;4*1H4;36*1H. The molecule has 0 unspecified atom stereocenters. The van der Waals surface area contributed by atoms with E-state index in [4.69, 9.17) is 12.8 Å². The van der Waals surface area contributed by atoms with Crippen LogP contribution in [0.25, 0.3) is 0 Å². The first kappa shape index (κ1) is 58.2. The molecule has 0 spiro atoms. The van der Waals surface area contributed by atoms with E-state index < -0.39 is 0 Å². The van der Waals surface area contributed by atoms with Crippen molar-refractivity contribution in [1.29, 1.82) is 0 Å². The zero-order chi connectivity index (χ0) is 37.9. The zero-order valence-corrected chi connectivity index (χ0v) is 28.3. The summed E-state index contributed by atoms with van der Waals surface area (Å²) in [6.07, 6.45) is 10.7. The van der Waals surface area contributed by atoms with Gasteiger partial charge in [-0.15, -0.1) is 12.8 Å². The van der Waals surface area contributed by atoms with Gasteiger partial charge in [-0.05, 0) is 149 Å². The number of rotatable bonds is 3. The topological polar surface area (TPSA) is 40.6 Å². The molecular weight excluding hydrogens is 693 g/mol. The van der Waals surface area contributed by atoms with Crippen molar-refractivity contribution in [2.24, 2.45) is 0 Å². The largest absolute Gasteiger partial charge is 0.338 e. The summed E-state index contributed by atoms with van der Waals surface area (Å²) < 4.78 is 0. The summed E-state index contributed by atoms with van der Waals surface area (Å²) in [6.45, 7) is 2.61. The molecule has 0 heterocycles. The van der Waals surface area contributed by atoms with Crippen LogP contribution in [0, 0.1) is 226 Å². The molecule has 2 amide bonds. The van der Waals surface area contributed by atoms with Crippen LogP contribution in [0.4, 0.5) is 0 Å². The maximum absolute atomic E-state index is 11.5. The number of carbonyl (C=O) groups excluding carboxylic acids is 2. The van der Waals surface area contributed by atoms with Gasteiger partial charge in [-0.3, -0.25) is 9.59 Å². The van der Waals surface area contributed by atoms with Crippen molar-refractivity contribution in [3.63, 3.8) is 0 Å². The van der Waals surface area contributed by atoms with Crippen LogP contribution < -0.4 is 0 Å². The normalized spacial score (nSPS) is 4.91. The molecule has 0 aliphatic carbocycles. The first-order valence-corrected chi connectivity index (χ1v) is 14.1. The summed E-state index contributed by atoms with van der Waals surface area (Å²) >= 11 is 4.05. The summed E-state index contributed by atoms with van der Waals surface area (Å²) in [7, 11) is 3.19. The first-order valence-electron chi connectivity index (χ1n) is 13.5. The van der Waals surface area contributed by atoms with Crippen molar-refractivity contribution < 1.29 is 60.9 Å². The van der Waals surface area contributed by atoms with E-state index in [2.05, 4.69) is 226 Å². The summed E-state index contributed by atoms with van der Waals surface area (Å²) in [5, 5.41) is 0. The van der Waals surface area contributed by atoms with Crippen LogP contribution >= 0.6 is 12.6 Å². The maximum atomic E-state index is 11.5. The van der Waals surface area contributed by atoms with Crippen molar-refractivity contribution >= 4 is 24.4 Å². The van der Waals surface area contributed by atoms with Crippen LogP contribution in [0.3, 0.4) is 0 Å². The van der Waals surface area contributed by atoms with Gasteiger partial charge in [0.2, 0.25) is 0 Å². The number of hydrogen-bond acceptors (Lipinski definition) is 3. The molecule has 0 saturated carbocycles. The zero-order valence-electron chi connectivity index (χ0n) is 27.4. The fourth-order valence-corrected chi connectivity index (χ4v) is 2.08. The highest BCUT2D eigenvalue weighted by Gasteiger charge is 2.06. The third-order valence-corrected chi connectivity index (χ3v) is 4.06. The monoisotopic (exact) mass is 799 g/mol. The molecule has 0 radical (unpaired) electrons. The molecule has 0 N–H and O–H groups in total. The summed E-state index contributed by atoms with van der Waals surface area (Å²) in [5.74, 6) is 87.0. The Hall–Kier alpha value is -9.07. The van der Waals surface area contributed by atoms with Gasteiger partial charge < -0.3 is 9.80 Å². The predicted octanol–water partition coefficient (Wildman–Crippen LogP) is 11.9. The van der Waals surface area contributed by atoms with Gasteiger partial charge >= 0.3 is 0 Å². The molecule has 0 aliphatic rings. The molecule has 0 aliphatic heterocycles. The fourth-order valence-electron chi connectivity index (χ4n) is 1.81. The van der Waals surface area contributed by atoms with Gasteiger partial charge in [0.05, 0.1) is 5.88 Å².